The summed E-state index contributed by atoms with van der Waals surface area (Å²) in [5, 5.41) is 15.8. The van der Waals surface area contributed by atoms with E-state index in [-0.39, 0.29) is 55.8 Å². The fourth-order valence-corrected chi connectivity index (χ4v) is 5.47. The number of anilines is 1. The van der Waals surface area contributed by atoms with E-state index in [1.807, 2.05) is 6.26 Å². The number of amides is 2. The zero-order valence-electron chi connectivity index (χ0n) is 23.7. The molecule has 1 atom stereocenters. The van der Waals surface area contributed by atoms with Crippen LogP contribution in [0.5, 0.6) is 0 Å². The number of aromatic nitrogens is 6. The summed E-state index contributed by atoms with van der Waals surface area (Å²) in [5.41, 5.74) is -8.63. The average Bonchev–Trinajstić information content (AvgIpc) is 3.60. The summed E-state index contributed by atoms with van der Waals surface area (Å²) in [7, 11) is 0. The Balaban J connectivity index is 1.74. The largest absolute Gasteiger partial charge is 0.437 e. The lowest BCUT2D eigenvalue weighted by atomic mass is 10.0. The Labute approximate surface area is 279 Å². The second kappa shape index (κ2) is 13.9. The highest BCUT2D eigenvalue weighted by atomic mass is 35.5. The first-order chi connectivity index (χ1) is 21.9. The minimum Gasteiger partial charge on any atom is -0.349 e. The van der Waals surface area contributed by atoms with Crippen LogP contribution in [0.3, 0.4) is 0 Å². The SMILES string of the molecule is CSC[C@H](C)NC(=O)c1cc(Cl)cc(Cl)c1NC(=O)c1cc(Cn2ncc(C(F)(C(F)(F)F)C(F)(F)F)n2)nn1-c1ncccc1Cl. The summed E-state index contributed by atoms with van der Waals surface area (Å²) < 4.78 is 94.6. The molecule has 2 N–H and O–H groups in total. The molecule has 4 aromatic rings. The lowest BCUT2D eigenvalue weighted by Gasteiger charge is -2.27. The molecule has 0 fully saturated rings. The van der Waals surface area contributed by atoms with Crippen LogP contribution < -0.4 is 10.6 Å². The standard InChI is InChI=1S/C26H20Cl3F7N8O2S/c1-12(11-47-2)39-22(45)15-6-13(27)7-17(29)20(15)40-23(46)18-8-14(41-44(18)21-16(28)4-3-5-37-21)10-43-38-9-19(42-43)24(30,25(31,32)33)26(34,35)36/h3-9,12H,10-11H2,1-2H3,(H,39,45)(H,40,46)/t12-/m0/s1. The average molecular weight is 748 g/mol. The number of hydrogen-bond donors (Lipinski definition) is 2. The van der Waals surface area contributed by atoms with Gasteiger partial charge in [-0.15, -0.1) is 0 Å². The van der Waals surface area contributed by atoms with Crippen LogP contribution in [-0.4, -0.2) is 72.0 Å². The van der Waals surface area contributed by atoms with Gasteiger partial charge in [0.05, 0.1) is 33.2 Å². The molecule has 10 nitrogen and oxygen atoms in total. The maximum absolute atomic E-state index is 14.5. The van der Waals surface area contributed by atoms with Gasteiger partial charge in [-0.25, -0.2) is 14.1 Å². The second-order valence-electron chi connectivity index (χ2n) is 9.75. The van der Waals surface area contributed by atoms with Crippen LogP contribution in [0.15, 0.2) is 42.7 Å². The fraction of sp³-hybridized carbons (Fsp3) is 0.308. The molecule has 0 aliphatic heterocycles. The first kappa shape index (κ1) is 36.2. The van der Waals surface area contributed by atoms with Crippen molar-refractivity contribution in [2.75, 3.05) is 17.3 Å². The van der Waals surface area contributed by atoms with Crippen molar-refractivity contribution in [2.24, 2.45) is 0 Å². The molecule has 2 amide bonds. The number of thioether (sulfide) groups is 1. The predicted octanol–water partition coefficient (Wildman–Crippen LogP) is 6.89. The van der Waals surface area contributed by atoms with E-state index < -0.39 is 42.1 Å². The van der Waals surface area contributed by atoms with Gasteiger partial charge in [-0.3, -0.25) is 9.59 Å². The molecule has 252 valence electrons. The second-order valence-corrected chi connectivity index (χ2v) is 11.9. The first-order valence-electron chi connectivity index (χ1n) is 12.9. The van der Waals surface area contributed by atoms with E-state index in [0.29, 0.717) is 10.5 Å². The van der Waals surface area contributed by atoms with Crippen LogP contribution in [0.4, 0.5) is 36.4 Å². The quantitative estimate of drug-likeness (QED) is 0.170. The number of benzene rings is 1. The number of carbonyl (C=O) groups excluding carboxylic acids is 2. The molecule has 1 aromatic carbocycles. The highest BCUT2D eigenvalue weighted by Crippen LogP contribution is 2.52. The zero-order valence-corrected chi connectivity index (χ0v) is 26.8. The van der Waals surface area contributed by atoms with E-state index in [1.165, 1.54) is 42.2 Å². The van der Waals surface area contributed by atoms with Crippen LogP contribution in [0, 0.1) is 0 Å². The summed E-state index contributed by atoms with van der Waals surface area (Å²) in [6.45, 7) is 1.03. The van der Waals surface area contributed by atoms with Crippen molar-refractivity contribution in [3.8, 4) is 5.82 Å². The number of rotatable bonds is 10. The number of nitrogens with zero attached hydrogens (tertiary/aromatic N) is 6. The molecule has 0 aliphatic carbocycles. The molecular formula is C26H20Cl3F7N8O2S. The van der Waals surface area contributed by atoms with Crippen LogP contribution in [0.25, 0.3) is 5.82 Å². The molecule has 0 aliphatic rings. The lowest BCUT2D eigenvalue weighted by molar-refractivity contribution is -0.350. The lowest BCUT2D eigenvalue weighted by Crippen LogP contribution is -2.50. The van der Waals surface area contributed by atoms with Gasteiger partial charge in [0.2, 0.25) is 0 Å². The van der Waals surface area contributed by atoms with Gasteiger partial charge in [-0.05, 0) is 43.5 Å². The number of nitrogens with one attached hydrogen (secondary N) is 2. The number of halogens is 10. The van der Waals surface area contributed by atoms with Crippen LogP contribution in [0.2, 0.25) is 15.1 Å². The van der Waals surface area contributed by atoms with Crippen LogP contribution in [-0.2, 0) is 12.2 Å². The molecule has 0 radical (unpaired) electrons. The monoisotopic (exact) mass is 746 g/mol. The summed E-state index contributed by atoms with van der Waals surface area (Å²) in [6, 6.07) is 6.21. The van der Waals surface area contributed by atoms with Gasteiger partial charge in [0, 0.05) is 23.0 Å². The Morgan fingerprint density at radius 1 is 0.979 bits per heavy atom. The number of pyridine rings is 1. The normalized spacial score (nSPS) is 13.0. The highest BCUT2D eigenvalue weighted by Gasteiger charge is 2.75. The fourth-order valence-electron chi connectivity index (χ4n) is 4.14. The first-order valence-corrected chi connectivity index (χ1v) is 15.4. The third-order valence-corrected chi connectivity index (χ3v) is 7.88. The summed E-state index contributed by atoms with van der Waals surface area (Å²) in [4.78, 5) is 31.2. The Bertz CT molecular complexity index is 1780. The molecule has 0 saturated heterocycles. The number of hydrogen-bond acceptors (Lipinski definition) is 7. The van der Waals surface area contributed by atoms with E-state index >= 15 is 0 Å². The van der Waals surface area contributed by atoms with E-state index in [9.17, 15) is 40.3 Å². The summed E-state index contributed by atoms with van der Waals surface area (Å²) in [6.07, 6.45) is -9.68. The van der Waals surface area contributed by atoms with Gasteiger partial charge in [-0.2, -0.15) is 58.2 Å². The van der Waals surface area contributed by atoms with Gasteiger partial charge in [0.25, 0.3) is 11.8 Å². The minimum absolute atomic E-state index is 0.0133. The van der Waals surface area contributed by atoms with Crippen molar-refractivity contribution in [1.29, 1.82) is 0 Å². The third-order valence-electron chi connectivity index (χ3n) is 6.24. The number of carbonyl (C=O) groups is 2. The topological polar surface area (TPSA) is 120 Å². The van der Waals surface area contributed by atoms with Crippen molar-refractivity contribution in [2.45, 2.75) is 37.5 Å². The Hall–Kier alpha value is -3.61. The molecule has 47 heavy (non-hydrogen) atoms. The van der Waals surface area contributed by atoms with Crippen LogP contribution in [0.1, 0.15) is 39.2 Å². The molecule has 21 heteroatoms. The van der Waals surface area contributed by atoms with E-state index in [4.69, 9.17) is 34.8 Å². The minimum atomic E-state index is -6.40. The van der Waals surface area contributed by atoms with Crippen molar-refractivity contribution >= 4 is 64.1 Å². The highest BCUT2D eigenvalue weighted by molar-refractivity contribution is 7.98. The zero-order chi connectivity index (χ0) is 34.9. The Kier molecular flexibility index (Phi) is 10.7. The molecule has 3 heterocycles. The summed E-state index contributed by atoms with van der Waals surface area (Å²) in [5.74, 6) is -1.11. The Morgan fingerprint density at radius 2 is 1.66 bits per heavy atom. The van der Waals surface area contributed by atoms with Crippen molar-refractivity contribution in [3.63, 3.8) is 0 Å². The van der Waals surface area contributed by atoms with E-state index in [2.05, 4.69) is 30.9 Å². The van der Waals surface area contributed by atoms with Gasteiger partial charge in [0.1, 0.15) is 17.9 Å². The van der Waals surface area contributed by atoms with Crippen molar-refractivity contribution < 1.29 is 40.3 Å². The Morgan fingerprint density at radius 3 is 2.28 bits per heavy atom. The van der Waals surface area contributed by atoms with Gasteiger partial charge in [0.15, 0.2) is 5.82 Å². The molecular weight excluding hydrogens is 728 g/mol. The van der Waals surface area contributed by atoms with Gasteiger partial charge in [-0.1, -0.05) is 34.8 Å². The van der Waals surface area contributed by atoms with Crippen molar-refractivity contribution in [3.05, 3.63) is 80.4 Å². The molecule has 0 saturated carbocycles. The molecule has 0 unspecified atom stereocenters. The van der Waals surface area contributed by atoms with Gasteiger partial charge < -0.3 is 10.6 Å². The molecule has 3 aromatic heterocycles. The van der Waals surface area contributed by atoms with Crippen LogP contribution >= 0.6 is 46.6 Å². The maximum Gasteiger partial charge on any atom is 0.437 e. The number of alkyl halides is 7. The maximum atomic E-state index is 14.5. The molecule has 0 bridgehead atoms. The predicted molar refractivity (Wildman–Crippen MR) is 160 cm³/mol. The van der Waals surface area contributed by atoms with Crippen molar-refractivity contribution in [1.82, 2.24) is 35.1 Å². The van der Waals surface area contributed by atoms with E-state index in [0.717, 1.165) is 10.7 Å². The molecule has 0 spiro atoms. The van der Waals surface area contributed by atoms with E-state index in [1.54, 1.807) is 6.92 Å². The third kappa shape index (κ3) is 7.60. The summed E-state index contributed by atoms with van der Waals surface area (Å²) >= 11 is 20.2. The molecule has 4 rings (SSSR count). The smallest absolute Gasteiger partial charge is 0.349 e. The van der Waals surface area contributed by atoms with Gasteiger partial charge >= 0.3 is 18.0 Å².